The maximum Gasteiger partial charge on any atom is 0.305 e. The van der Waals surface area contributed by atoms with Gasteiger partial charge in [-0.05, 0) is 82.2 Å². The fourth-order valence-corrected chi connectivity index (χ4v) is 10.3. The van der Waals surface area contributed by atoms with E-state index in [1.807, 2.05) is 12.2 Å². The van der Waals surface area contributed by atoms with Crippen molar-refractivity contribution in [1.82, 2.24) is 63.4 Å². The molecule has 0 saturated carbocycles. The van der Waals surface area contributed by atoms with Crippen LogP contribution < -0.4 is 81.4 Å². The topological polar surface area (TPSA) is 685 Å². The number of carbonyl (C=O) groups excluding carboxylic acids is 14. The number of primary amides is 2. The monoisotopic (exact) mass is 1510 g/mol. The quantitative estimate of drug-likeness (QED) is 0.0270. The SMILES string of the molecule is CC(=O)O.CC[C@H](C)[C@H](NC(=O)[C@@H]1CCCN1C(=O)[C@H](Cc1ccccc1)NC(=O)[C@H](CCCCN)NC(=O)[C@H](C)NC(=O)[C@H](CO)NC(=O)[C@H](CC(N)=O)NC(=O)[C@H](CCC(=O)O)NC(=O)[C@H](CCC(=O)O)NC(=O)[C@H](CC(=O)O)NC(=O)CNC(=O)[C@@H](NC(=O)[C@@H](N)CCC(=O)O)[C@@H](C)CC)C(N)=O. The van der Waals surface area contributed by atoms with E-state index in [0.717, 1.165) is 13.8 Å². The Morgan fingerprint density at radius 1 is 0.509 bits per heavy atom. The molecular weight excluding hydrogens is 1400 g/mol. The molecule has 0 aromatic heterocycles. The summed E-state index contributed by atoms with van der Waals surface area (Å²) in [6.45, 7) is 7.10. The lowest BCUT2D eigenvalue weighted by atomic mass is 9.97. The Hall–Kier alpha value is -11.0. The summed E-state index contributed by atoms with van der Waals surface area (Å²) in [6.07, 6.45) is -4.61. The Labute approximate surface area is 609 Å². The van der Waals surface area contributed by atoms with Gasteiger partial charge in [-0.2, -0.15) is 0 Å². The molecule has 25 N–H and O–H groups in total. The van der Waals surface area contributed by atoms with Crippen molar-refractivity contribution in [2.75, 3.05) is 26.2 Å². The van der Waals surface area contributed by atoms with Gasteiger partial charge in [-0.25, -0.2) is 0 Å². The molecule has 1 aromatic rings. The molecule has 14 amide bonds. The second kappa shape index (κ2) is 48.1. The average molecular weight is 1510 g/mol. The van der Waals surface area contributed by atoms with Crippen molar-refractivity contribution in [3.05, 3.63) is 35.9 Å². The van der Waals surface area contributed by atoms with Crippen LogP contribution in [0.2, 0.25) is 0 Å². The molecule has 41 heteroatoms. The number of hydrogen-bond acceptors (Lipinski definition) is 22. The minimum absolute atomic E-state index is 0.0573. The Balaban J connectivity index is 0.0000137. The molecule has 0 aliphatic carbocycles. The summed E-state index contributed by atoms with van der Waals surface area (Å²) < 4.78 is 0. The van der Waals surface area contributed by atoms with Gasteiger partial charge in [0.1, 0.15) is 66.5 Å². The number of nitrogens with one attached hydrogen (secondary N) is 11. The van der Waals surface area contributed by atoms with Crippen molar-refractivity contribution >= 4 is 113 Å². The maximum absolute atomic E-state index is 14.5. The minimum Gasteiger partial charge on any atom is -0.481 e. The second-order valence-electron chi connectivity index (χ2n) is 25.1. The summed E-state index contributed by atoms with van der Waals surface area (Å²) in [6, 6.07) is -10.8. The molecule has 1 aliphatic heterocycles. The molecule has 0 unspecified atom stereocenters. The van der Waals surface area contributed by atoms with Gasteiger partial charge in [-0.15, -0.1) is 0 Å². The Morgan fingerprint density at radius 2 is 0.962 bits per heavy atom. The Kier molecular flexibility index (Phi) is 42.2. The van der Waals surface area contributed by atoms with Crippen molar-refractivity contribution in [3.8, 4) is 0 Å². The fourth-order valence-electron chi connectivity index (χ4n) is 10.3. The van der Waals surface area contributed by atoms with Crippen LogP contribution in [0.5, 0.6) is 0 Å². The van der Waals surface area contributed by atoms with Gasteiger partial charge in [-0.1, -0.05) is 70.9 Å². The third-order valence-corrected chi connectivity index (χ3v) is 16.6. The first kappa shape index (κ1) is 93.0. The predicted octanol–water partition coefficient (Wildman–Crippen LogP) is -6.73. The van der Waals surface area contributed by atoms with Gasteiger partial charge in [0.15, 0.2) is 0 Å². The van der Waals surface area contributed by atoms with Crippen LogP contribution in [-0.4, -0.2) is 247 Å². The van der Waals surface area contributed by atoms with Gasteiger partial charge >= 0.3 is 23.9 Å². The molecule has 592 valence electrons. The van der Waals surface area contributed by atoms with E-state index in [2.05, 4.69) is 53.2 Å². The van der Waals surface area contributed by atoms with E-state index in [0.29, 0.717) is 31.2 Å². The standard InChI is InChI=1S/C63H98N16O23.C2H4O2/c1-6-31(3)50(52(67)91)77-61(100)43-17-13-25-79(43)63(102)41(26-34-14-9-8-10-15-34)75-55(94)36(16-11-12-24-64)71-53(92)33(5)69-60(99)42(30-80)76-58(97)39(27-44(66)81)74-57(96)38(20-23-48(87)88)72-56(95)37(19-22-47(85)86)73-59(98)40(28-49(89)90)70-45(82)29-68-62(101)51(32(4)7-2)78-54(93)35(65)18-21-46(83)84;1-2(3)4/h8-10,14-15,31-33,35-43,50-51,80H,6-7,11-13,16-30,64-65H2,1-5H3,(H2,66,81)(H2,67,91)(H,68,101)(H,69,99)(H,70,82)(H,71,92)(H,72,95)(H,73,98)(H,74,96)(H,75,94)(H,76,97)(H,77,100)(H,78,93)(H,83,84)(H,85,86)(H,87,88)(H,89,90);1H3,(H,3,4)/t31-,32-,33-,35-,36-,37-,38-,39-,40-,41-,42-,43-,50-,51-;/m0./s1. The van der Waals surface area contributed by atoms with Crippen LogP contribution in [0.1, 0.15) is 143 Å². The molecular formula is C65H102N16O25. The third-order valence-electron chi connectivity index (χ3n) is 16.6. The summed E-state index contributed by atoms with van der Waals surface area (Å²) in [7, 11) is 0. The summed E-state index contributed by atoms with van der Waals surface area (Å²) in [5, 5.41) is 80.6. The molecule has 14 atom stereocenters. The highest BCUT2D eigenvalue weighted by Gasteiger charge is 2.41. The van der Waals surface area contributed by atoms with Crippen molar-refractivity contribution < 1.29 is 122 Å². The normalized spacial score (nSPS) is 15.9. The van der Waals surface area contributed by atoms with Gasteiger partial charge < -0.3 is 117 Å². The molecule has 1 saturated heterocycles. The number of aliphatic hydroxyl groups excluding tert-OH is 1. The van der Waals surface area contributed by atoms with E-state index >= 15 is 0 Å². The van der Waals surface area contributed by atoms with Crippen molar-refractivity contribution in [1.29, 1.82) is 0 Å². The number of benzene rings is 1. The van der Waals surface area contributed by atoms with Crippen LogP contribution in [0.4, 0.5) is 0 Å². The zero-order chi connectivity index (χ0) is 80.7. The van der Waals surface area contributed by atoms with Crippen LogP contribution in [0.15, 0.2) is 30.3 Å². The Bertz CT molecular complexity index is 3250. The number of carboxylic acids is 5. The van der Waals surface area contributed by atoms with E-state index in [1.165, 1.54) is 4.90 Å². The number of aliphatic carboxylic acids is 5. The first-order valence-electron chi connectivity index (χ1n) is 34.1. The van der Waals surface area contributed by atoms with Gasteiger partial charge in [0.25, 0.3) is 5.97 Å². The summed E-state index contributed by atoms with van der Waals surface area (Å²) in [5.74, 6) is -23.1. The Morgan fingerprint density at radius 3 is 1.44 bits per heavy atom. The van der Waals surface area contributed by atoms with E-state index in [-0.39, 0.29) is 51.1 Å². The number of unbranched alkanes of at least 4 members (excludes halogenated alkanes) is 1. The van der Waals surface area contributed by atoms with Crippen LogP contribution in [0.25, 0.3) is 0 Å². The molecule has 106 heavy (non-hydrogen) atoms. The van der Waals surface area contributed by atoms with E-state index in [9.17, 15) is 107 Å². The molecule has 1 aliphatic rings. The second-order valence-corrected chi connectivity index (χ2v) is 25.1. The highest BCUT2D eigenvalue weighted by molar-refractivity contribution is 6.01. The number of nitrogens with two attached hydrogens (primary N) is 4. The highest BCUT2D eigenvalue weighted by atomic mass is 16.4. The number of carboxylic acid groups (broad SMARTS) is 5. The first-order chi connectivity index (χ1) is 49.7. The number of aliphatic hydroxyl groups is 1. The highest BCUT2D eigenvalue weighted by Crippen LogP contribution is 2.22. The van der Waals surface area contributed by atoms with Crippen molar-refractivity contribution in [2.24, 2.45) is 34.8 Å². The van der Waals surface area contributed by atoms with E-state index < -0.39 is 249 Å². The molecule has 1 fully saturated rings. The van der Waals surface area contributed by atoms with Crippen LogP contribution in [0.3, 0.4) is 0 Å². The largest absolute Gasteiger partial charge is 0.481 e. The summed E-state index contributed by atoms with van der Waals surface area (Å²) in [5.41, 5.74) is 23.1. The first-order valence-corrected chi connectivity index (χ1v) is 34.1. The van der Waals surface area contributed by atoms with Crippen LogP contribution in [-0.2, 0) is 97.5 Å². The number of carbonyl (C=O) groups is 19. The van der Waals surface area contributed by atoms with E-state index in [4.69, 9.17) is 37.9 Å². The van der Waals surface area contributed by atoms with Gasteiger partial charge in [0.2, 0.25) is 82.7 Å². The zero-order valence-corrected chi connectivity index (χ0v) is 59.8. The lowest BCUT2D eigenvalue weighted by molar-refractivity contribution is -0.142. The van der Waals surface area contributed by atoms with Gasteiger partial charge in [0.05, 0.1) is 32.0 Å². The third kappa shape index (κ3) is 35.0. The maximum atomic E-state index is 14.5. The fraction of sp³-hybridized carbons (Fsp3) is 0.615. The number of hydrogen-bond donors (Lipinski definition) is 21. The zero-order valence-electron chi connectivity index (χ0n) is 59.8. The smallest absolute Gasteiger partial charge is 0.305 e. The van der Waals surface area contributed by atoms with Gasteiger partial charge in [0, 0.05) is 39.2 Å². The lowest BCUT2D eigenvalue weighted by Crippen LogP contribution is -2.61. The number of rotatable bonds is 48. The summed E-state index contributed by atoms with van der Waals surface area (Å²) >= 11 is 0. The van der Waals surface area contributed by atoms with Crippen LogP contribution in [0, 0.1) is 11.8 Å². The molecule has 1 heterocycles. The minimum atomic E-state index is -2.11. The molecule has 0 radical (unpaired) electrons. The molecule has 2 rings (SSSR count). The molecule has 41 nitrogen and oxygen atoms in total. The molecule has 0 spiro atoms. The summed E-state index contributed by atoms with van der Waals surface area (Å²) in [4.78, 5) is 246. The lowest BCUT2D eigenvalue weighted by Gasteiger charge is -2.31. The van der Waals surface area contributed by atoms with E-state index in [1.54, 1.807) is 51.1 Å². The predicted molar refractivity (Wildman–Crippen MR) is 369 cm³/mol. The molecule has 0 bridgehead atoms. The van der Waals surface area contributed by atoms with Crippen molar-refractivity contribution in [3.63, 3.8) is 0 Å². The number of likely N-dealkylation sites (tertiary alicyclic amines) is 1. The number of amides is 14. The number of nitrogens with zero attached hydrogens (tertiary/aromatic N) is 1. The van der Waals surface area contributed by atoms with Gasteiger partial charge in [-0.3, -0.25) is 91.1 Å². The van der Waals surface area contributed by atoms with Crippen molar-refractivity contribution in [2.45, 2.75) is 217 Å². The molecule has 1 aromatic carbocycles. The van der Waals surface area contributed by atoms with Crippen LogP contribution >= 0.6 is 0 Å². The average Bonchev–Trinajstić information content (AvgIpc) is 1.58.